The first-order valence-corrected chi connectivity index (χ1v) is 8.77. The number of thiazole rings is 1. The van der Waals surface area contributed by atoms with Gasteiger partial charge in [-0.2, -0.15) is 5.10 Å². The van der Waals surface area contributed by atoms with Crippen molar-refractivity contribution in [3.8, 4) is 0 Å². The van der Waals surface area contributed by atoms with Gasteiger partial charge >= 0.3 is 0 Å². The highest BCUT2D eigenvalue weighted by Crippen LogP contribution is 2.33. The van der Waals surface area contributed by atoms with Crippen molar-refractivity contribution in [3.05, 3.63) is 40.4 Å². The Kier molecular flexibility index (Phi) is 3.50. The van der Waals surface area contributed by atoms with Gasteiger partial charge in [-0.05, 0) is 38.8 Å². The first-order chi connectivity index (χ1) is 10.7. The molecule has 1 saturated heterocycles. The molecule has 0 aliphatic carbocycles. The summed E-state index contributed by atoms with van der Waals surface area (Å²) >= 11 is 1.70. The summed E-state index contributed by atoms with van der Waals surface area (Å²) in [6.07, 6.45) is 7.83. The third-order valence-electron chi connectivity index (χ3n) is 4.73. The van der Waals surface area contributed by atoms with E-state index in [0.717, 1.165) is 23.7 Å². The molecule has 1 unspecified atom stereocenters. The molecule has 6 heteroatoms. The summed E-state index contributed by atoms with van der Waals surface area (Å²) in [5.41, 5.74) is 5.02. The summed E-state index contributed by atoms with van der Waals surface area (Å²) in [7, 11) is 0. The second-order valence-corrected chi connectivity index (χ2v) is 7.02. The maximum absolute atomic E-state index is 4.68. The van der Waals surface area contributed by atoms with E-state index in [1.807, 2.05) is 6.20 Å². The molecule has 1 N–H and O–H groups in total. The van der Waals surface area contributed by atoms with E-state index in [4.69, 9.17) is 0 Å². The van der Waals surface area contributed by atoms with Gasteiger partial charge in [0.1, 0.15) is 0 Å². The number of rotatable bonds is 3. The van der Waals surface area contributed by atoms with Crippen LogP contribution in [0.15, 0.2) is 17.8 Å². The molecule has 22 heavy (non-hydrogen) atoms. The quantitative estimate of drug-likeness (QED) is 0.805. The summed E-state index contributed by atoms with van der Waals surface area (Å²) in [5.74, 6) is 0. The lowest BCUT2D eigenvalue weighted by molar-refractivity contribution is 0.134. The molecule has 4 rings (SSSR count). The fourth-order valence-corrected chi connectivity index (χ4v) is 4.30. The van der Waals surface area contributed by atoms with Gasteiger partial charge < -0.3 is 0 Å². The fraction of sp³-hybridized carbons (Fsp3) is 0.500. The normalized spacial score (nSPS) is 20.0. The van der Waals surface area contributed by atoms with Crippen LogP contribution < -0.4 is 0 Å². The third kappa shape index (κ3) is 2.27. The van der Waals surface area contributed by atoms with Crippen LogP contribution in [0, 0.1) is 13.8 Å². The number of imidazole rings is 1. The number of nitrogens with one attached hydrogen (secondary N) is 1. The highest BCUT2D eigenvalue weighted by molar-refractivity contribution is 7.15. The number of fused-ring (bicyclic) bond motifs is 1. The van der Waals surface area contributed by atoms with Crippen LogP contribution in [-0.2, 0) is 6.54 Å². The zero-order chi connectivity index (χ0) is 15.1. The molecule has 0 bridgehead atoms. The van der Waals surface area contributed by atoms with Gasteiger partial charge in [0.2, 0.25) is 0 Å². The molecule has 1 atom stereocenters. The Morgan fingerprint density at radius 2 is 2.27 bits per heavy atom. The van der Waals surface area contributed by atoms with Crippen molar-refractivity contribution in [2.24, 2.45) is 0 Å². The van der Waals surface area contributed by atoms with Crippen LogP contribution in [0.2, 0.25) is 0 Å². The molecule has 0 aromatic carbocycles. The molecule has 1 fully saturated rings. The molecular weight excluding hydrogens is 294 g/mol. The van der Waals surface area contributed by atoms with Crippen molar-refractivity contribution in [3.63, 3.8) is 0 Å². The lowest BCUT2D eigenvalue weighted by Gasteiger charge is -2.35. The Morgan fingerprint density at radius 1 is 1.36 bits per heavy atom. The highest BCUT2D eigenvalue weighted by Gasteiger charge is 2.27. The molecule has 3 aromatic rings. The van der Waals surface area contributed by atoms with E-state index >= 15 is 0 Å². The van der Waals surface area contributed by atoms with E-state index in [1.54, 1.807) is 11.3 Å². The summed E-state index contributed by atoms with van der Waals surface area (Å²) in [4.78, 5) is 8.36. The number of nitrogens with zero attached hydrogens (tertiary/aromatic N) is 4. The number of H-pyrrole nitrogens is 1. The van der Waals surface area contributed by atoms with Crippen molar-refractivity contribution in [2.75, 3.05) is 6.54 Å². The number of likely N-dealkylation sites (tertiary alicyclic amines) is 1. The third-order valence-corrected chi connectivity index (χ3v) is 5.49. The van der Waals surface area contributed by atoms with Crippen LogP contribution in [0.5, 0.6) is 0 Å². The molecule has 0 saturated carbocycles. The number of aromatic amines is 1. The minimum Gasteiger partial charge on any atom is -0.293 e. The molecule has 0 amide bonds. The molecule has 5 nitrogen and oxygen atoms in total. The number of hydrogen-bond donors (Lipinski definition) is 1. The largest absolute Gasteiger partial charge is 0.293 e. The Morgan fingerprint density at radius 3 is 3.09 bits per heavy atom. The standard InChI is InChI=1S/C16H21N5S/c1-11-9-17-19-15(11)13-5-3-4-6-20(13)10-14-12(2)18-16-21(14)7-8-22-16/h7-9,13H,3-6,10H2,1-2H3,(H,17,19). The lowest BCUT2D eigenvalue weighted by Crippen LogP contribution is -2.34. The van der Waals surface area contributed by atoms with Gasteiger partial charge in [0, 0.05) is 18.1 Å². The van der Waals surface area contributed by atoms with Gasteiger partial charge in [-0.3, -0.25) is 14.4 Å². The molecule has 1 aliphatic rings. The van der Waals surface area contributed by atoms with E-state index in [0.29, 0.717) is 6.04 Å². The molecular formula is C16H21N5S. The average Bonchev–Trinajstić information content (AvgIpc) is 3.19. The predicted octanol–water partition coefficient (Wildman–Crippen LogP) is 3.46. The van der Waals surface area contributed by atoms with Gasteiger partial charge in [-0.25, -0.2) is 4.98 Å². The van der Waals surface area contributed by atoms with Gasteiger partial charge in [-0.1, -0.05) is 6.42 Å². The van der Waals surface area contributed by atoms with E-state index in [1.165, 1.54) is 36.2 Å². The van der Waals surface area contributed by atoms with Crippen LogP contribution in [0.1, 0.15) is 47.9 Å². The monoisotopic (exact) mass is 315 g/mol. The summed E-state index contributed by atoms with van der Waals surface area (Å²) in [6, 6.07) is 0.444. The van der Waals surface area contributed by atoms with Crippen molar-refractivity contribution in [1.82, 2.24) is 24.5 Å². The molecule has 1 aliphatic heterocycles. The SMILES string of the molecule is Cc1cn[nH]c1C1CCCCN1Cc1c(C)nc2sccn12. The minimum atomic E-state index is 0.444. The van der Waals surface area contributed by atoms with Gasteiger partial charge in [0.05, 0.1) is 29.3 Å². The molecule has 116 valence electrons. The zero-order valence-corrected chi connectivity index (χ0v) is 13.9. The van der Waals surface area contributed by atoms with Crippen LogP contribution in [0.4, 0.5) is 0 Å². The van der Waals surface area contributed by atoms with Gasteiger partial charge in [0.25, 0.3) is 0 Å². The first-order valence-electron chi connectivity index (χ1n) is 7.89. The number of piperidine rings is 1. The van der Waals surface area contributed by atoms with E-state index in [9.17, 15) is 0 Å². The summed E-state index contributed by atoms with van der Waals surface area (Å²) < 4.78 is 2.24. The number of hydrogen-bond acceptors (Lipinski definition) is 4. The predicted molar refractivity (Wildman–Crippen MR) is 88.1 cm³/mol. The lowest BCUT2D eigenvalue weighted by atomic mass is 9.97. The molecule has 4 heterocycles. The highest BCUT2D eigenvalue weighted by atomic mass is 32.1. The van der Waals surface area contributed by atoms with Crippen molar-refractivity contribution >= 4 is 16.3 Å². The Balaban J connectivity index is 1.66. The van der Waals surface area contributed by atoms with Crippen LogP contribution >= 0.6 is 11.3 Å². The van der Waals surface area contributed by atoms with Crippen LogP contribution in [0.25, 0.3) is 4.96 Å². The molecule has 0 spiro atoms. The van der Waals surface area contributed by atoms with Crippen molar-refractivity contribution in [2.45, 2.75) is 45.7 Å². The summed E-state index contributed by atoms with van der Waals surface area (Å²) in [5, 5.41) is 9.55. The van der Waals surface area contributed by atoms with Crippen molar-refractivity contribution in [1.29, 1.82) is 0 Å². The minimum absolute atomic E-state index is 0.444. The summed E-state index contributed by atoms with van der Waals surface area (Å²) in [6.45, 7) is 6.36. The number of aromatic nitrogens is 4. The number of aryl methyl sites for hydroxylation is 2. The van der Waals surface area contributed by atoms with Gasteiger partial charge in [-0.15, -0.1) is 11.3 Å². The zero-order valence-electron chi connectivity index (χ0n) is 13.0. The Hall–Kier alpha value is -1.66. The topological polar surface area (TPSA) is 49.2 Å². The Labute approximate surface area is 134 Å². The molecule has 3 aromatic heterocycles. The van der Waals surface area contributed by atoms with Crippen molar-refractivity contribution < 1.29 is 0 Å². The van der Waals surface area contributed by atoms with Crippen LogP contribution in [0.3, 0.4) is 0 Å². The van der Waals surface area contributed by atoms with Gasteiger partial charge in [0.15, 0.2) is 4.96 Å². The van der Waals surface area contributed by atoms with E-state index < -0.39 is 0 Å². The maximum atomic E-state index is 4.68. The second kappa shape index (κ2) is 5.52. The Bertz CT molecular complexity index is 784. The van der Waals surface area contributed by atoms with E-state index in [2.05, 4.69) is 49.9 Å². The molecule has 0 radical (unpaired) electrons. The first kappa shape index (κ1) is 14.0. The van der Waals surface area contributed by atoms with Crippen LogP contribution in [-0.4, -0.2) is 31.0 Å². The maximum Gasteiger partial charge on any atom is 0.194 e. The second-order valence-electron chi connectivity index (χ2n) is 6.15. The smallest absolute Gasteiger partial charge is 0.194 e. The average molecular weight is 315 g/mol. The van der Waals surface area contributed by atoms with E-state index in [-0.39, 0.29) is 0 Å². The fourth-order valence-electron chi connectivity index (χ4n) is 3.52.